The number of carbonyl (C=O) groups is 1. The van der Waals surface area contributed by atoms with E-state index < -0.39 is 0 Å². The van der Waals surface area contributed by atoms with Gasteiger partial charge in [0.25, 0.3) is 5.91 Å². The molecule has 2 atom stereocenters. The van der Waals surface area contributed by atoms with Crippen LogP contribution in [0.2, 0.25) is 0 Å². The molecule has 2 saturated heterocycles. The molecule has 4 rings (SSSR count). The number of aliphatic imine (C=N–C) groups is 1. The molecule has 0 aliphatic carbocycles. The molecule has 1 amide bonds. The van der Waals surface area contributed by atoms with Gasteiger partial charge in [-0.1, -0.05) is 42.5 Å². The minimum absolute atomic E-state index is 0.0522. The SMILES string of the molecule is CCNC(=NCCc1cccc(C(=O)NC)c1)NC1CC2CCC(C1)N2Cc1ccccc1. The van der Waals surface area contributed by atoms with Crippen LogP contribution >= 0.6 is 0 Å². The predicted octanol–water partition coefficient (Wildman–Crippen LogP) is 3.34. The van der Waals surface area contributed by atoms with Crippen LogP contribution < -0.4 is 16.0 Å². The van der Waals surface area contributed by atoms with Crippen molar-refractivity contribution in [2.75, 3.05) is 20.1 Å². The average Bonchev–Trinajstić information content (AvgIpc) is 3.06. The third kappa shape index (κ3) is 6.14. The van der Waals surface area contributed by atoms with Crippen LogP contribution in [0, 0.1) is 0 Å². The molecule has 33 heavy (non-hydrogen) atoms. The Morgan fingerprint density at radius 3 is 2.45 bits per heavy atom. The summed E-state index contributed by atoms with van der Waals surface area (Å²) < 4.78 is 0. The Morgan fingerprint density at radius 1 is 1.03 bits per heavy atom. The van der Waals surface area contributed by atoms with Crippen LogP contribution in [0.4, 0.5) is 0 Å². The van der Waals surface area contributed by atoms with E-state index in [-0.39, 0.29) is 5.91 Å². The van der Waals surface area contributed by atoms with Crippen LogP contribution in [0.5, 0.6) is 0 Å². The van der Waals surface area contributed by atoms with Gasteiger partial charge in [-0.2, -0.15) is 0 Å². The maximum Gasteiger partial charge on any atom is 0.251 e. The number of benzene rings is 2. The first-order valence-corrected chi connectivity index (χ1v) is 12.3. The fraction of sp³-hybridized carbons (Fsp3) is 0.481. The minimum atomic E-state index is -0.0522. The molecule has 2 fully saturated rings. The third-order valence-corrected chi connectivity index (χ3v) is 6.86. The van der Waals surface area contributed by atoms with Crippen molar-refractivity contribution >= 4 is 11.9 Å². The van der Waals surface area contributed by atoms with Crippen molar-refractivity contribution in [1.82, 2.24) is 20.9 Å². The summed E-state index contributed by atoms with van der Waals surface area (Å²) in [6.07, 6.45) is 5.74. The van der Waals surface area contributed by atoms with E-state index in [1.165, 1.54) is 31.2 Å². The van der Waals surface area contributed by atoms with Crippen LogP contribution in [0.1, 0.15) is 54.1 Å². The number of rotatable bonds is 8. The smallest absolute Gasteiger partial charge is 0.251 e. The Balaban J connectivity index is 1.32. The monoisotopic (exact) mass is 447 g/mol. The Hall–Kier alpha value is -2.86. The van der Waals surface area contributed by atoms with E-state index in [9.17, 15) is 4.79 Å². The number of fused-ring (bicyclic) bond motifs is 2. The quantitative estimate of drug-likeness (QED) is 0.429. The number of hydrogen-bond donors (Lipinski definition) is 3. The molecule has 2 heterocycles. The second kappa shape index (κ2) is 11.3. The maximum absolute atomic E-state index is 11.9. The van der Waals surface area contributed by atoms with Gasteiger partial charge in [-0.25, -0.2) is 0 Å². The van der Waals surface area contributed by atoms with Crippen molar-refractivity contribution in [3.05, 3.63) is 71.3 Å². The number of guanidine groups is 1. The van der Waals surface area contributed by atoms with Gasteiger partial charge in [0.15, 0.2) is 5.96 Å². The molecule has 0 radical (unpaired) electrons. The van der Waals surface area contributed by atoms with Crippen molar-refractivity contribution < 1.29 is 4.79 Å². The van der Waals surface area contributed by atoms with Gasteiger partial charge in [-0.3, -0.25) is 14.7 Å². The fourth-order valence-corrected chi connectivity index (χ4v) is 5.27. The highest BCUT2D eigenvalue weighted by Crippen LogP contribution is 2.36. The highest BCUT2D eigenvalue weighted by molar-refractivity contribution is 5.94. The van der Waals surface area contributed by atoms with Crippen molar-refractivity contribution in [3.8, 4) is 0 Å². The molecule has 6 nitrogen and oxygen atoms in total. The zero-order valence-electron chi connectivity index (χ0n) is 19.9. The average molecular weight is 448 g/mol. The van der Waals surface area contributed by atoms with Gasteiger partial charge in [0.05, 0.1) is 0 Å². The van der Waals surface area contributed by atoms with E-state index in [1.807, 2.05) is 18.2 Å². The summed E-state index contributed by atoms with van der Waals surface area (Å²) in [7, 11) is 1.66. The first kappa shape index (κ1) is 23.3. The summed E-state index contributed by atoms with van der Waals surface area (Å²) in [6.45, 7) is 4.70. The summed E-state index contributed by atoms with van der Waals surface area (Å²) in [6, 6.07) is 20.4. The zero-order chi connectivity index (χ0) is 23.0. The standard InChI is InChI=1S/C27H37N5O/c1-3-29-27(30-15-14-20-10-7-11-22(16-20)26(33)28-2)31-23-17-24-12-13-25(18-23)32(24)19-21-8-5-4-6-9-21/h4-11,16,23-25H,3,12-15,17-19H2,1-2H3,(H,28,33)(H2,29,30,31). The summed E-state index contributed by atoms with van der Waals surface area (Å²) in [5, 5.41) is 9.82. The lowest BCUT2D eigenvalue weighted by molar-refractivity contribution is 0.0963. The Kier molecular flexibility index (Phi) is 8.00. The molecule has 2 bridgehead atoms. The van der Waals surface area contributed by atoms with E-state index in [0.29, 0.717) is 30.2 Å². The third-order valence-electron chi connectivity index (χ3n) is 6.86. The summed E-state index contributed by atoms with van der Waals surface area (Å²) >= 11 is 0. The highest BCUT2D eigenvalue weighted by Gasteiger charge is 2.40. The summed E-state index contributed by atoms with van der Waals surface area (Å²) in [5.74, 6) is 0.851. The van der Waals surface area contributed by atoms with Crippen LogP contribution in [-0.4, -0.2) is 55.0 Å². The van der Waals surface area contributed by atoms with Crippen LogP contribution in [0.3, 0.4) is 0 Å². The van der Waals surface area contributed by atoms with E-state index in [1.54, 1.807) is 7.05 Å². The lowest BCUT2D eigenvalue weighted by Crippen LogP contribution is -2.52. The van der Waals surface area contributed by atoms with Crippen molar-refractivity contribution in [1.29, 1.82) is 0 Å². The highest BCUT2D eigenvalue weighted by atomic mass is 16.1. The molecule has 2 aliphatic rings. The Labute approximate surface area is 197 Å². The molecule has 6 heteroatoms. The second-order valence-electron chi connectivity index (χ2n) is 9.15. The maximum atomic E-state index is 11.9. The van der Waals surface area contributed by atoms with Crippen molar-refractivity contribution in [3.63, 3.8) is 0 Å². The normalized spacial score (nSPS) is 22.7. The number of amides is 1. The Morgan fingerprint density at radius 2 is 1.76 bits per heavy atom. The second-order valence-corrected chi connectivity index (χ2v) is 9.15. The molecule has 0 aromatic heterocycles. The molecule has 2 aromatic carbocycles. The van der Waals surface area contributed by atoms with Gasteiger partial charge in [0, 0.05) is 50.4 Å². The van der Waals surface area contributed by atoms with E-state index in [4.69, 9.17) is 4.99 Å². The molecule has 0 saturated carbocycles. The first-order valence-electron chi connectivity index (χ1n) is 12.3. The van der Waals surface area contributed by atoms with E-state index in [2.05, 4.69) is 64.2 Å². The van der Waals surface area contributed by atoms with Crippen LogP contribution in [0.15, 0.2) is 59.6 Å². The molecule has 2 aromatic rings. The van der Waals surface area contributed by atoms with E-state index >= 15 is 0 Å². The van der Waals surface area contributed by atoms with Gasteiger partial charge in [-0.05, 0) is 62.3 Å². The largest absolute Gasteiger partial charge is 0.357 e. The molecule has 0 spiro atoms. The minimum Gasteiger partial charge on any atom is -0.357 e. The zero-order valence-corrected chi connectivity index (χ0v) is 19.9. The predicted molar refractivity (Wildman–Crippen MR) is 134 cm³/mol. The van der Waals surface area contributed by atoms with Gasteiger partial charge in [0.2, 0.25) is 0 Å². The van der Waals surface area contributed by atoms with Crippen LogP contribution in [-0.2, 0) is 13.0 Å². The number of nitrogens with one attached hydrogen (secondary N) is 3. The lowest BCUT2D eigenvalue weighted by atomic mass is 9.96. The molecular weight excluding hydrogens is 410 g/mol. The van der Waals surface area contributed by atoms with Crippen molar-refractivity contribution in [2.45, 2.75) is 63.7 Å². The molecule has 176 valence electrons. The Bertz CT molecular complexity index is 931. The topological polar surface area (TPSA) is 68.8 Å². The molecule has 2 unspecified atom stereocenters. The number of carbonyl (C=O) groups excluding carboxylic acids is 1. The van der Waals surface area contributed by atoms with Gasteiger partial charge in [-0.15, -0.1) is 0 Å². The summed E-state index contributed by atoms with van der Waals surface area (Å²) in [5.41, 5.74) is 3.24. The van der Waals surface area contributed by atoms with Gasteiger partial charge >= 0.3 is 0 Å². The van der Waals surface area contributed by atoms with E-state index in [0.717, 1.165) is 31.0 Å². The lowest BCUT2D eigenvalue weighted by Gasteiger charge is -2.39. The number of hydrogen-bond acceptors (Lipinski definition) is 3. The van der Waals surface area contributed by atoms with Crippen LogP contribution in [0.25, 0.3) is 0 Å². The number of piperidine rings is 1. The number of nitrogens with zero attached hydrogens (tertiary/aromatic N) is 2. The fourth-order valence-electron chi connectivity index (χ4n) is 5.27. The summed E-state index contributed by atoms with van der Waals surface area (Å²) in [4.78, 5) is 19.4. The molecular formula is C27H37N5O. The molecule has 2 aliphatic heterocycles. The molecule has 3 N–H and O–H groups in total. The first-order chi connectivity index (χ1) is 16.2. The van der Waals surface area contributed by atoms with Gasteiger partial charge < -0.3 is 16.0 Å². The van der Waals surface area contributed by atoms with Gasteiger partial charge in [0.1, 0.15) is 0 Å². The van der Waals surface area contributed by atoms with Crippen molar-refractivity contribution in [2.24, 2.45) is 4.99 Å².